The molecule has 1 saturated heterocycles. The quantitative estimate of drug-likeness (QED) is 0.479. The molecular formula is C26H30ClN3O3. The summed E-state index contributed by atoms with van der Waals surface area (Å²) in [6.45, 7) is 9.15. The normalized spacial score (nSPS) is 14.3. The molecule has 2 heterocycles. The highest BCUT2D eigenvalue weighted by molar-refractivity contribution is 6.30. The molecule has 33 heavy (non-hydrogen) atoms. The van der Waals surface area contributed by atoms with E-state index in [4.69, 9.17) is 20.8 Å². The second kappa shape index (κ2) is 9.79. The maximum Gasteiger partial charge on any atom is 0.410 e. The predicted octanol–water partition coefficient (Wildman–Crippen LogP) is 6.27. The van der Waals surface area contributed by atoms with E-state index in [0.717, 1.165) is 41.5 Å². The Bertz CT molecular complexity index is 1060. The van der Waals surface area contributed by atoms with Gasteiger partial charge in [-0.15, -0.1) is 0 Å². The fourth-order valence-corrected chi connectivity index (χ4v) is 3.82. The van der Waals surface area contributed by atoms with Crippen LogP contribution in [0.4, 0.5) is 16.2 Å². The zero-order valence-electron chi connectivity index (χ0n) is 19.3. The van der Waals surface area contributed by atoms with Gasteiger partial charge in [-0.3, -0.25) is 0 Å². The average Bonchev–Trinajstić information content (AvgIpc) is 3.27. The van der Waals surface area contributed by atoms with Crippen molar-refractivity contribution in [1.82, 2.24) is 4.90 Å². The molecule has 0 aliphatic carbocycles. The molecule has 2 aromatic carbocycles. The second-order valence-electron chi connectivity index (χ2n) is 9.13. The maximum absolute atomic E-state index is 12.2. The van der Waals surface area contributed by atoms with Crippen LogP contribution in [0, 0.1) is 0 Å². The first-order chi connectivity index (χ1) is 15.8. The highest BCUT2D eigenvalue weighted by Gasteiger charge is 2.25. The monoisotopic (exact) mass is 467 g/mol. The van der Waals surface area contributed by atoms with Crippen molar-refractivity contribution in [2.24, 2.45) is 0 Å². The minimum atomic E-state index is -0.468. The van der Waals surface area contributed by atoms with Crippen molar-refractivity contribution < 1.29 is 13.9 Å². The molecule has 1 amide bonds. The number of anilines is 2. The third-order valence-corrected chi connectivity index (χ3v) is 5.67. The van der Waals surface area contributed by atoms with Crippen LogP contribution in [-0.2, 0) is 11.3 Å². The van der Waals surface area contributed by atoms with Crippen molar-refractivity contribution in [3.8, 4) is 11.3 Å². The van der Waals surface area contributed by atoms with Crippen LogP contribution >= 0.6 is 11.6 Å². The van der Waals surface area contributed by atoms with Gasteiger partial charge in [0.15, 0.2) is 0 Å². The number of nitrogens with zero attached hydrogens (tertiary/aromatic N) is 2. The van der Waals surface area contributed by atoms with E-state index in [-0.39, 0.29) is 6.09 Å². The lowest BCUT2D eigenvalue weighted by molar-refractivity contribution is 0.0240. The lowest BCUT2D eigenvalue weighted by atomic mass is 10.2. The fourth-order valence-electron chi connectivity index (χ4n) is 3.70. The van der Waals surface area contributed by atoms with Crippen molar-refractivity contribution in [2.45, 2.75) is 32.9 Å². The van der Waals surface area contributed by atoms with Crippen LogP contribution in [-0.4, -0.2) is 42.8 Å². The van der Waals surface area contributed by atoms with Crippen molar-refractivity contribution in [1.29, 1.82) is 0 Å². The zero-order valence-corrected chi connectivity index (χ0v) is 20.1. The molecule has 3 aromatic rings. The molecule has 0 saturated carbocycles. The molecule has 1 N–H and O–H groups in total. The number of hydrogen-bond acceptors (Lipinski definition) is 5. The van der Waals surface area contributed by atoms with Crippen molar-refractivity contribution in [3.63, 3.8) is 0 Å². The lowest BCUT2D eigenvalue weighted by Gasteiger charge is -2.36. The van der Waals surface area contributed by atoms with Crippen LogP contribution in [0.15, 0.2) is 65.1 Å². The van der Waals surface area contributed by atoms with Gasteiger partial charge in [-0.2, -0.15) is 0 Å². The molecule has 0 unspecified atom stereocenters. The molecule has 1 aliphatic heterocycles. The third-order valence-electron chi connectivity index (χ3n) is 5.42. The largest absolute Gasteiger partial charge is 0.459 e. The summed E-state index contributed by atoms with van der Waals surface area (Å²) < 4.78 is 11.4. The Morgan fingerprint density at radius 2 is 1.64 bits per heavy atom. The van der Waals surface area contributed by atoms with Crippen LogP contribution in [0.5, 0.6) is 0 Å². The number of furan rings is 1. The average molecular weight is 468 g/mol. The zero-order chi connectivity index (χ0) is 23.4. The molecule has 0 atom stereocenters. The summed E-state index contributed by atoms with van der Waals surface area (Å²) in [4.78, 5) is 16.3. The SMILES string of the molecule is CC(C)(C)OC(=O)N1CCN(c2ccc(NCc3ccc(-c4ccc(Cl)cc4)o3)cc2)CC1. The Balaban J connectivity index is 1.27. The van der Waals surface area contributed by atoms with E-state index < -0.39 is 5.60 Å². The van der Waals surface area contributed by atoms with Crippen molar-refractivity contribution in [3.05, 3.63) is 71.4 Å². The van der Waals surface area contributed by atoms with Gasteiger partial charge in [-0.1, -0.05) is 11.6 Å². The number of piperazine rings is 1. The molecule has 4 rings (SSSR count). The third kappa shape index (κ3) is 6.23. The van der Waals surface area contributed by atoms with Gasteiger partial charge in [0.2, 0.25) is 0 Å². The number of amides is 1. The summed E-state index contributed by atoms with van der Waals surface area (Å²) in [6, 6.07) is 19.9. The number of rotatable bonds is 5. The van der Waals surface area contributed by atoms with Crippen LogP contribution in [0.3, 0.4) is 0 Å². The lowest BCUT2D eigenvalue weighted by Crippen LogP contribution is -2.50. The summed E-state index contributed by atoms with van der Waals surface area (Å²) >= 11 is 5.96. The van der Waals surface area contributed by atoms with E-state index >= 15 is 0 Å². The van der Waals surface area contributed by atoms with Gasteiger partial charge in [-0.05, 0) is 81.4 Å². The first kappa shape index (κ1) is 23.1. The van der Waals surface area contributed by atoms with Gasteiger partial charge in [0, 0.05) is 48.1 Å². The molecule has 1 aliphatic rings. The van der Waals surface area contributed by atoms with Gasteiger partial charge < -0.3 is 24.3 Å². The number of carbonyl (C=O) groups excluding carboxylic acids is 1. The Hall–Kier alpha value is -3.12. The molecular weight excluding hydrogens is 438 g/mol. The highest BCUT2D eigenvalue weighted by atomic mass is 35.5. The van der Waals surface area contributed by atoms with Gasteiger partial charge >= 0.3 is 6.09 Å². The van der Waals surface area contributed by atoms with Crippen LogP contribution < -0.4 is 10.2 Å². The van der Waals surface area contributed by atoms with Gasteiger partial charge in [0.25, 0.3) is 0 Å². The predicted molar refractivity (Wildman–Crippen MR) is 133 cm³/mol. The first-order valence-electron chi connectivity index (χ1n) is 11.2. The van der Waals surface area contributed by atoms with E-state index in [9.17, 15) is 4.79 Å². The van der Waals surface area contributed by atoms with E-state index in [1.54, 1.807) is 4.90 Å². The Morgan fingerprint density at radius 3 is 2.27 bits per heavy atom. The smallest absolute Gasteiger partial charge is 0.410 e. The van der Waals surface area contributed by atoms with Gasteiger partial charge in [0.05, 0.1) is 6.54 Å². The van der Waals surface area contributed by atoms with Gasteiger partial charge in [-0.25, -0.2) is 4.79 Å². The standard InChI is InChI=1S/C26H30ClN3O3/c1-26(2,3)33-25(31)30-16-14-29(15-17-30)22-10-8-21(9-11-22)28-18-23-12-13-24(32-23)19-4-6-20(27)7-5-19/h4-13,28H,14-18H2,1-3H3. The summed E-state index contributed by atoms with van der Waals surface area (Å²) in [6.07, 6.45) is -0.237. The number of carbonyl (C=O) groups is 1. The summed E-state index contributed by atoms with van der Waals surface area (Å²) in [5, 5.41) is 4.11. The highest BCUT2D eigenvalue weighted by Crippen LogP contribution is 2.25. The number of halogens is 1. The van der Waals surface area contributed by atoms with Crippen LogP contribution in [0.1, 0.15) is 26.5 Å². The Kier molecular flexibility index (Phi) is 6.84. The Morgan fingerprint density at radius 1 is 0.970 bits per heavy atom. The second-order valence-corrected chi connectivity index (χ2v) is 9.56. The van der Waals surface area contributed by atoms with E-state index in [2.05, 4.69) is 34.5 Å². The minimum absolute atomic E-state index is 0.237. The Labute approximate surface area is 200 Å². The molecule has 174 valence electrons. The summed E-state index contributed by atoms with van der Waals surface area (Å²) in [5.41, 5.74) is 2.70. The van der Waals surface area contributed by atoms with E-state index in [0.29, 0.717) is 24.7 Å². The number of ether oxygens (including phenoxy) is 1. The van der Waals surface area contributed by atoms with E-state index in [1.165, 1.54) is 0 Å². The summed E-state index contributed by atoms with van der Waals surface area (Å²) in [5.74, 6) is 1.69. The molecule has 0 radical (unpaired) electrons. The molecule has 0 bridgehead atoms. The topological polar surface area (TPSA) is 58.0 Å². The number of hydrogen-bond donors (Lipinski definition) is 1. The van der Waals surface area contributed by atoms with Crippen LogP contribution in [0.25, 0.3) is 11.3 Å². The molecule has 1 aromatic heterocycles. The van der Waals surface area contributed by atoms with Crippen molar-refractivity contribution in [2.75, 3.05) is 36.4 Å². The summed E-state index contributed by atoms with van der Waals surface area (Å²) in [7, 11) is 0. The number of nitrogens with one attached hydrogen (secondary N) is 1. The number of benzene rings is 2. The molecule has 0 spiro atoms. The maximum atomic E-state index is 12.2. The fraction of sp³-hybridized carbons (Fsp3) is 0.346. The van der Waals surface area contributed by atoms with Crippen LogP contribution in [0.2, 0.25) is 5.02 Å². The molecule has 6 nitrogen and oxygen atoms in total. The van der Waals surface area contributed by atoms with Crippen molar-refractivity contribution >= 4 is 29.1 Å². The molecule has 1 fully saturated rings. The van der Waals surface area contributed by atoms with Gasteiger partial charge in [0.1, 0.15) is 17.1 Å². The van der Waals surface area contributed by atoms with E-state index in [1.807, 2.05) is 57.2 Å². The minimum Gasteiger partial charge on any atom is -0.459 e. The first-order valence-corrected chi connectivity index (χ1v) is 11.6. The molecule has 7 heteroatoms.